The van der Waals surface area contributed by atoms with Gasteiger partial charge in [0.2, 0.25) is 0 Å². The Morgan fingerprint density at radius 3 is 2.63 bits per heavy atom. The van der Waals surface area contributed by atoms with Crippen molar-refractivity contribution in [3.8, 4) is 11.5 Å². The fraction of sp³-hybridized carbons (Fsp3) is 0.600. The summed E-state index contributed by atoms with van der Waals surface area (Å²) in [7, 11) is 0. The number of benzene rings is 1. The second-order valence-corrected chi connectivity index (χ2v) is 5.10. The van der Waals surface area contributed by atoms with Gasteiger partial charge in [0.1, 0.15) is 17.6 Å². The van der Waals surface area contributed by atoms with Crippen LogP contribution in [-0.4, -0.2) is 19.3 Å². The van der Waals surface area contributed by atoms with Crippen LogP contribution in [0.15, 0.2) is 24.3 Å². The number of hydrogen-bond acceptors (Lipinski definition) is 3. The van der Waals surface area contributed by atoms with Crippen LogP contribution in [0, 0.1) is 5.92 Å². The van der Waals surface area contributed by atoms with Crippen LogP contribution in [-0.2, 0) is 0 Å². The Labute approximate surface area is 121 Å². The highest BCUT2D eigenvalue weighted by Gasteiger charge is 2.15. The average Bonchev–Trinajstić information content (AvgIpc) is 2.90. The molecule has 0 saturated heterocycles. The molecule has 1 aliphatic rings. The molecule has 0 amide bonds. The topological polar surface area (TPSA) is 44.5 Å². The maximum absolute atomic E-state index is 5.83. The molecule has 2 N–H and O–H groups in total. The third-order valence-electron chi connectivity index (χ3n) is 3.44. The Bertz CT molecular complexity index is 367. The lowest BCUT2D eigenvalue weighted by molar-refractivity contribution is 0.224. The van der Waals surface area contributed by atoms with Gasteiger partial charge in [0.15, 0.2) is 0 Å². The van der Waals surface area contributed by atoms with E-state index < -0.39 is 0 Å². The van der Waals surface area contributed by atoms with Crippen molar-refractivity contribution < 1.29 is 9.47 Å². The largest absolute Gasteiger partial charge is 0.493 e. The molecule has 1 aromatic carbocycles. The van der Waals surface area contributed by atoms with E-state index in [1.807, 2.05) is 31.2 Å². The van der Waals surface area contributed by atoms with Gasteiger partial charge < -0.3 is 15.2 Å². The second kappa shape index (κ2) is 8.28. The quantitative estimate of drug-likeness (QED) is 0.871. The SMILES string of the molecule is C[C@H](CN)Oc1cccc(OCC2CCCC2)c1.Cl. The summed E-state index contributed by atoms with van der Waals surface area (Å²) in [6.07, 6.45) is 5.35. The number of halogens is 1. The van der Waals surface area contributed by atoms with E-state index in [9.17, 15) is 0 Å². The van der Waals surface area contributed by atoms with Crippen molar-refractivity contribution in [3.63, 3.8) is 0 Å². The lowest BCUT2D eigenvalue weighted by Crippen LogP contribution is -2.22. The molecule has 0 heterocycles. The summed E-state index contributed by atoms with van der Waals surface area (Å²) >= 11 is 0. The van der Waals surface area contributed by atoms with E-state index in [-0.39, 0.29) is 18.5 Å². The highest BCUT2D eigenvalue weighted by molar-refractivity contribution is 5.85. The van der Waals surface area contributed by atoms with E-state index in [0.29, 0.717) is 6.54 Å². The van der Waals surface area contributed by atoms with E-state index in [0.717, 1.165) is 24.0 Å². The Balaban J connectivity index is 0.00000180. The smallest absolute Gasteiger partial charge is 0.123 e. The maximum Gasteiger partial charge on any atom is 0.123 e. The van der Waals surface area contributed by atoms with Crippen molar-refractivity contribution in [2.24, 2.45) is 11.7 Å². The molecule has 19 heavy (non-hydrogen) atoms. The second-order valence-electron chi connectivity index (χ2n) is 5.10. The molecule has 2 rings (SSSR count). The third-order valence-corrected chi connectivity index (χ3v) is 3.44. The molecule has 3 nitrogen and oxygen atoms in total. The van der Waals surface area contributed by atoms with Gasteiger partial charge in [-0.05, 0) is 37.8 Å². The number of nitrogens with two attached hydrogens (primary N) is 1. The van der Waals surface area contributed by atoms with Crippen molar-refractivity contribution in [3.05, 3.63) is 24.3 Å². The van der Waals surface area contributed by atoms with Gasteiger partial charge in [0, 0.05) is 12.6 Å². The van der Waals surface area contributed by atoms with Gasteiger partial charge in [-0.2, -0.15) is 0 Å². The standard InChI is InChI=1S/C15H23NO2.ClH/c1-12(10-16)18-15-8-4-7-14(9-15)17-11-13-5-2-3-6-13;/h4,7-9,12-13H,2-3,5-6,10-11,16H2,1H3;1H/t12-;/m1./s1. The van der Waals surface area contributed by atoms with E-state index in [1.54, 1.807) is 0 Å². The van der Waals surface area contributed by atoms with E-state index >= 15 is 0 Å². The van der Waals surface area contributed by atoms with Crippen molar-refractivity contribution in [2.75, 3.05) is 13.2 Å². The molecule has 1 aromatic rings. The first kappa shape index (κ1) is 16.1. The molecule has 108 valence electrons. The lowest BCUT2D eigenvalue weighted by Gasteiger charge is -2.15. The molecule has 1 aliphatic carbocycles. The zero-order chi connectivity index (χ0) is 12.8. The number of rotatable bonds is 6. The predicted octanol–water partition coefficient (Wildman–Crippen LogP) is 3.40. The summed E-state index contributed by atoms with van der Waals surface area (Å²) in [5.41, 5.74) is 5.54. The first-order valence-corrected chi connectivity index (χ1v) is 6.87. The minimum Gasteiger partial charge on any atom is -0.493 e. The molecule has 1 fully saturated rings. The fourth-order valence-electron chi connectivity index (χ4n) is 2.31. The summed E-state index contributed by atoms with van der Waals surface area (Å²) in [6.45, 7) is 3.31. The zero-order valence-corrected chi connectivity index (χ0v) is 12.3. The molecule has 0 unspecified atom stereocenters. The summed E-state index contributed by atoms with van der Waals surface area (Å²) in [5, 5.41) is 0. The van der Waals surface area contributed by atoms with Gasteiger partial charge >= 0.3 is 0 Å². The van der Waals surface area contributed by atoms with Crippen LogP contribution in [0.4, 0.5) is 0 Å². The molecule has 0 aromatic heterocycles. The van der Waals surface area contributed by atoms with Gasteiger partial charge in [-0.15, -0.1) is 12.4 Å². The molecular formula is C15H24ClNO2. The molecule has 0 aliphatic heterocycles. The maximum atomic E-state index is 5.83. The number of ether oxygens (including phenoxy) is 2. The highest BCUT2D eigenvalue weighted by atomic mass is 35.5. The molecule has 0 bridgehead atoms. The van der Waals surface area contributed by atoms with E-state index in [1.165, 1.54) is 25.7 Å². The van der Waals surface area contributed by atoms with Crippen LogP contribution >= 0.6 is 12.4 Å². The van der Waals surface area contributed by atoms with E-state index in [2.05, 4.69) is 0 Å². The van der Waals surface area contributed by atoms with Gasteiger partial charge in [-0.25, -0.2) is 0 Å². The van der Waals surface area contributed by atoms with Crippen molar-refractivity contribution in [1.29, 1.82) is 0 Å². The summed E-state index contributed by atoms with van der Waals surface area (Å²) in [4.78, 5) is 0. The van der Waals surface area contributed by atoms with Crippen LogP contribution in [0.1, 0.15) is 32.6 Å². The molecule has 1 atom stereocenters. The van der Waals surface area contributed by atoms with Crippen molar-refractivity contribution >= 4 is 12.4 Å². The normalized spacial score (nSPS) is 16.7. The summed E-state index contributed by atoms with van der Waals surface area (Å²) in [6, 6.07) is 7.83. The molecule has 4 heteroatoms. The first-order chi connectivity index (χ1) is 8.78. The summed E-state index contributed by atoms with van der Waals surface area (Å²) < 4.78 is 11.5. The number of hydrogen-bond donors (Lipinski definition) is 1. The predicted molar refractivity (Wildman–Crippen MR) is 80.3 cm³/mol. The Kier molecular flexibility index (Phi) is 7.03. The fourth-order valence-corrected chi connectivity index (χ4v) is 2.31. The average molecular weight is 286 g/mol. The van der Waals surface area contributed by atoms with Gasteiger partial charge in [-0.1, -0.05) is 18.9 Å². The third kappa shape index (κ3) is 5.29. The van der Waals surface area contributed by atoms with E-state index in [4.69, 9.17) is 15.2 Å². The molecular weight excluding hydrogens is 262 g/mol. The Morgan fingerprint density at radius 2 is 1.95 bits per heavy atom. The van der Waals surface area contributed by atoms with Crippen molar-refractivity contribution in [2.45, 2.75) is 38.7 Å². The first-order valence-electron chi connectivity index (χ1n) is 6.87. The monoisotopic (exact) mass is 285 g/mol. The van der Waals surface area contributed by atoms with Crippen LogP contribution in [0.3, 0.4) is 0 Å². The minimum absolute atomic E-state index is 0. The van der Waals surface area contributed by atoms with Gasteiger partial charge in [0.05, 0.1) is 6.61 Å². The molecule has 1 saturated carbocycles. The van der Waals surface area contributed by atoms with Crippen LogP contribution in [0.2, 0.25) is 0 Å². The van der Waals surface area contributed by atoms with Gasteiger partial charge in [0.25, 0.3) is 0 Å². The summed E-state index contributed by atoms with van der Waals surface area (Å²) in [5.74, 6) is 2.46. The lowest BCUT2D eigenvalue weighted by atomic mass is 10.1. The van der Waals surface area contributed by atoms with Crippen LogP contribution in [0.25, 0.3) is 0 Å². The van der Waals surface area contributed by atoms with Gasteiger partial charge in [-0.3, -0.25) is 0 Å². The zero-order valence-electron chi connectivity index (χ0n) is 11.5. The molecule has 0 spiro atoms. The highest BCUT2D eigenvalue weighted by Crippen LogP contribution is 2.26. The molecule has 0 radical (unpaired) electrons. The Morgan fingerprint density at radius 1 is 1.26 bits per heavy atom. The van der Waals surface area contributed by atoms with Crippen molar-refractivity contribution in [1.82, 2.24) is 0 Å². The minimum atomic E-state index is 0. The Hall–Kier alpha value is -0.930. The van der Waals surface area contributed by atoms with Crippen LogP contribution < -0.4 is 15.2 Å². The van der Waals surface area contributed by atoms with Crippen LogP contribution in [0.5, 0.6) is 11.5 Å².